The molecule has 0 atom stereocenters. The van der Waals surface area contributed by atoms with Gasteiger partial charge in [0.25, 0.3) is 5.69 Å². The molecular formula is C21H19N3O5S. The number of hydrogen-bond donors (Lipinski definition) is 1. The summed E-state index contributed by atoms with van der Waals surface area (Å²) in [5, 5.41) is 21.8. The van der Waals surface area contributed by atoms with Crippen molar-refractivity contribution in [1.29, 1.82) is 0 Å². The van der Waals surface area contributed by atoms with Gasteiger partial charge in [0.15, 0.2) is 0 Å². The predicted octanol–water partition coefficient (Wildman–Crippen LogP) is 4.46. The first-order valence-electron chi connectivity index (χ1n) is 8.82. The lowest BCUT2D eigenvalue weighted by Gasteiger charge is -2.11. The van der Waals surface area contributed by atoms with Crippen LogP contribution in [0.15, 0.2) is 69.8 Å². The lowest BCUT2D eigenvalue weighted by molar-refractivity contribution is -0.384. The second-order valence-electron chi connectivity index (χ2n) is 6.51. The SMILES string of the molecule is COC(=O)C1=C(O)/C(=C\c2ccc(N(C)C)cc2)SC1=Nc1cccc([N+](=O)[O-])c1. The number of nitro benzene ring substituents is 1. The maximum Gasteiger partial charge on any atom is 0.344 e. The largest absolute Gasteiger partial charge is 0.506 e. The number of aliphatic hydroxyl groups excluding tert-OH is 1. The molecular weight excluding hydrogens is 406 g/mol. The van der Waals surface area contributed by atoms with Crippen LogP contribution < -0.4 is 4.90 Å². The van der Waals surface area contributed by atoms with E-state index in [1.165, 1.54) is 25.3 Å². The highest BCUT2D eigenvalue weighted by Gasteiger charge is 2.33. The van der Waals surface area contributed by atoms with Gasteiger partial charge in [-0.05, 0) is 29.8 Å². The Morgan fingerprint density at radius 3 is 2.53 bits per heavy atom. The number of methoxy groups -OCH3 is 1. The summed E-state index contributed by atoms with van der Waals surface area (Å²) in [4.78, 5) is 29.5. The molecule has 0 aliphatic carbocycles. The molecule has 154 valence electrons. The quantitative estimate of drug-likeness (QED) is 0.428. The first kappa shape index (κ1) is 21.1. The number of benzene rings is 2. The molecule has 0 unspecified atom stereocenters. The van der Waals surface area contributed by atoms with Crippen molar-refractivity contribution in [3.63, 3.8) is 0 Å². The standard InChI is InChI=1S/C21H19N3O5S/c1-23(2)15-9-7-13(8-10-15)11-17-19(25)18(21(26)29-3)20(30-17)22-14-5-4-6-16(12-14)24(27)28/h4-12,25H,1-3H3/b17-11+,22-20?. The fraction of sp³-hybridized carbons (Fsp3) is 0.143. The average Bonchev–Trinajstić information content (AvgIpc) is 3.02. The number of rotatable bonds is 5. The van der Waals surface area contributed by atoms with Crippen LogP contribution in [-0.4, -0.2) is 42.2 Å². The van der Waals surface area contributed by atoms with Crippen LogP contribution in [0.1, 0.15) is 5.56 Å². The molecule has 0 saturated heterocycles. The van der Waals surface area contributed by atoms with Crippen molar-refractivity contribution in [2.75, 3.05) is 26.1 Å². The number of hydrogen-bond acceptors (Lipinski definition) is 8. The summed E-state index contributed by atoms with van der Waals surface area (Å²) in [6.07, 6.45) is 1.73. The van der Waals surface area contributed by atoms with Crippen molar-refractivity contribution < 1.29 is 19.6 Å². The van der Waals surface area contributed by atoms with E-state index in [0.717, 1.165) is 23.0 Å². The van der Waals surface area contributed by atoms with Crippen LogP contribution in [0, 0.1) is 10.1 Å². The van der Waals surface area contributed by atoms with Crippen LogP contribution in [0.25, 0.3) is 6.08 Å². The van der Waals surface area contributed by atoms with Gasteiger partial charge in [0, 0.05) is 31.9 Å². The van der Waals surface area contributed by atoms with Crippen molar-refractivity contribution in [3.05, 3.63) is 80.4 Å². The lowest BCUT2D eigenvalue weighted by atomic mass is 10.1. The Morgan fingerprint density at radius 1 is 1.23 bits per heavy atom. The van der Waals surface area contributed by atoms with E-state index in [9.17, 15) is 20.0 Å². The van der Waals surface area contributed by atoms with Crippen LogP contribution in [0.4, 0.5) is 17.1 Å². The molecule has 3 rings (SSSR count). The third-order valence-corrected chi connectivity index (χ3v) is 5.28. The summed E-state index contributed by atoms with van der Waals surface area (Å²) in [6, 6.07) is 13.4. The van der Waals surface area contributed by atoms with Gasteiger partial charge in [-0.2, -0.15) is 0 Å². The summed E-state index contributed by atoms with van der Waals surface area (Å²) < 4.78 is 4.78. The summed E-state index contributed by atoms with van der Waals surface area (Å²) in [5.74, 6) is -0.983. The second-order valence-corrected chi connectivity index (χ2v) is 7.54. The number of nitro groups is 1. The highest BCUT2D eigenvalue weighted by Crippen LogP contribution is 2.40. The van der Waals surface area contributed by atoms with E-state index in [4.69, 9.17) is 4.74 Å². The summed E-state index contributed by atoms with van der Waals surface area (Å²) >= 11 is 1.09. The van der Waals surface area contributed by atoms with Gasteiger partial charge in [-0.25, -0.2) is 9.79 Å². The maximum atomic E-state index is 12.2. The molecule has 0 fully saturated rings. The van der Waals surface area contributed by atoms with E-state index in [1.54, 1.807) is 12.1 Å². The fourth-order valence-electron chi connectivity index (χ4n) is 2.70. The van der Waals surface area contributed by atoms with Gasteiger partial charge in [-0.15, -0.1) is 0 Å². The summed E-state index contributed by atoms with van der Waals surface area (Å²) in [5.41, 5.74) is 1.95. The number of esters is 1. The monoisotopic (exact) mass is 425 g/mol. The van der Waals surface area contributed by atoms with E-state index in [2.05, 4.69) is 4.99 Å². The molecule has 1 aliphatic rings. The third kappa shape index (κ3) is 4.52. The van der Waals surface area contributed by atoms with Gasteiger partial charge >= 0.3 is 5.97 Å². The highest BCUT2D eigenvalue weighted by molar-refractivity contribution is 8.18. The Labute approximate surface area is 177 Å². The van der Waals surface area contributed by atoms with Crippen LogP contribution in [-0.2, 0) is 9.53 Å². The first-order valence-corrected chi connectivity index (χ1v) is 9.64. The molecule has 8 nitrogen and oxygen atoms in total. The maximum absolute atomic E-state index is 12.2. The molecule has 0 amide bonds. The molecule has 2 aromatic carbocycles. The molecule has 1 aliphatic heterocycles. The zero-order valence-corrected chi connectivity index (χ0v) is 17.3. The molecule has 30 heavy (non-hydrogen) atoms. The minimum atomic E-state index is -0.740. The van der Waals surface area contributed by atoms with Gasteiger partial charge in [0.05, 0.1) is 22.6 Å². The Hall–Kier alpha value is -3.59. The number of carbonyl (C=O) groups excluding carboxylic acids is 1. The number of non-ortho nitro benzene ring substituents is 1. The van der Waals surface area contributed by atoms with Gasteiger partial charge in [0.2, 0.25) is 0 Å². The number of aliphatic hydroxyl groups is 1. The average molecular weight is 425 g/mol. The molecule has 9 heteroatoms. The minimum Gasteiger partial charge on any atom is -0.506 e. The second kappa shape index (κ2) is 8.83. The van der Waals surface area contributed by atoms with Crippen molar-refractivity contribution in [2.45, 2.75) is 0 Å². The Kier molecular flexibility index (Phi) is 6.22. The molecule has 1 heterocycles. The number of ether oxygens (including phenoxy) is 1. The van der Waals surface area contributed by atoms with Gasteiger partial charge in [-0.1, -0.05) is 30.0 Å². The molecule has 0 aromatic heterocycles. The summed E-state index contributed by atoms with van der Waals surface area (Å²) in [6.45, 7) is 0. The van der Waals surface area contributed by atoms with Crippen LogP contribution in [0.3, 0.4) is 0 Å². The molecule has 1 N–H and O–H groups in total. The van der Waals surface area contributed by atoms with Gasteiger partial charge in [-0.3, -0.25) is 10.1 Å². The lowest BCUT2D eigenvalue weighted by Crippen LogP contribution is -2.10. The van der Waals surface area contributed by atoms with Gasteiger partial charge in [0.1, 0.15) is 16.4 Å². The molecule has 2 aromatic rings. The van der Waals surface area contributed by atoms with Crippen molar-refractivity contribution in [2.24, 2.45) is 4.99 Å². The van der Waals surface area contributed by atoms with Crippen molar-refractivity contribution in [1.82, 2.24) is 0 Å². The van der Waals surface area contributed by atoms with E-state index >= 15 is 0 Å². The molecule has 0 radical (unpaired) electrons. The zero-order chi connectivity index (χ0) is 21.8. The fourth-order valence-corrected chi connectivity index (χ4v) is 3.74. The number of anilines is 1. The molecule has 0 saturated carbocycles. The van der Waals surface area contributed by atoms with Crippen LogP contribution in [0.5, 0.6) is 0 Å². The van der Waals surface area contributed by atoms with E-state index in [1.807, 2.05) is 43.3 Å². The van der Waals surface area contributed by atoms with Gasteiger partial charge < -0.3 is 14.7 Å². The Morgan fingerprint density at radius 2 is 1.93 bits per heavy atom. The molecule has 0 spiro atoms. The smallest absolute Gasteiger partial charge is 0.344 e. The van der Waals surface area contributed by atoms with Crippen molar-refractivity contribution >= 4 is 45.9 Å². The Bertz CT molecular complexity index is 1090. The number of carbonyl (C=O) groups is 1. The normalized spacial score (nSPS) is 16.2. The zero-order valence-electron chi connectivity index (χ0n) is 16.5. The number of aliphatic imine (C=N–C) groups is 1. The highest BCUT2D eigenvalue weighted by atomic mass is 32.2. The topological polar surface area (TPSA) is 105 Å². The van der Waals surface area contributed by atoms with Crippen molar-refractivity contribution in [3.8, 4) is 0 Å². The predicted molar refractivity (Wildman–Crippen MR) is 118 cm³/mol. The van der Waals surface area contributed by atoms with E-state index in [-0.39, 0.29) is 27.8 Å². The molecule has 0 bridgehead atoms. The van der Waals surface area contributed by atoms with E-state index in [0.29, 0.717) is 4.91 Å². The van der Waals surface area contributed by atoms with Crippen LogP contribution >= 0.6 is 11.8 Å². The Balaban J connectivity index is 2.01. The minimum absolute atomic E-state index is 0.0785. The number of nitrogens with zero attached hydrogens (tertiary/aromatic N) is 3. The van der Waals surface area contributed by atoms with E-state index < -0.39 is 10.9 Å². The number of thioether (sulfide) groups is 1. The first-order chi connectivity index (χ1) is 14.3. The summed E-state index contributed by atoms with van der Waals surface area (Å²) in [7, 11) is 5.09. The van der Waals surface area contributed by atoms with Crippen LogP contribution in [0.2, 0.25) is 0 Å². The third-order valence-electron chi connectivity index (χ3n) is 4.26.